The average molecular weight is 413 g/mol. The van der Waals surface area contributed by atoms with Gasteiger partial charge in [0.2, 0.25) is 0 Å². The van der Waals surface area contributed by atoms with E-state index < -0.39 is 0 Å². The molecule has 3 nitrogen and oxygen atoms in total. The van der Waals surface area contributed by atoms with E-state index in [1.54, 1.807) is 0 Å². The van der Waals surface area contributed by atoms with Crippen LogP contribution in [-0.2, 0) is 11.3 Å². The third kappa shape index (κ3) is 8.89. The zero-order valence-electron chi connectivity index (χ0n) is 19.7. The van der Waals surface area contributed by atoms with Crippen molar-refractivity contribution in [2.24, 2.45) is 11.8 Å². The Balaban J connectivity index is 1.95. The average Bonchev–Trinajstić information content (AvgIpc) is 2.71. The van der Waals surface area contributed by atoms with E-state index >= 15 is 0 Å². The third-order valence-corrected chi connectivity index (χ3v) is 5.74. The Morgan fingerprint density at radius 1 is 0.733 bits per heavy atom. The smallest absolute Gasteiger partial charge is 0.119 e. The Morgan fingerprint density at radius 3 is 1.87 bits per heavy atom. The van der Waals surface area contributed by atoms with Crippen LogP contribution in [0.2, 0.25) is 0 Å². The Labute approximate surface area is 184 Å². The largest absolute Gasteiger partial charge is 0.491 e. The molecule has 1 atom stereocenters. The molecule has 0 spiro atoms. The topological polar surface area (TPSA) is 18.5 Å². The molecule has 1 unspecified atom stereocenters. The summed E-state index contributed by atoms with van der Waals surface area (Å²) in [7, 11) is 2.42. The van der Waals surface area contributed by atoms with Crippen molar-refractivity contribution in [3.8, 4) is 5.75 Å². The maximum absolute atomic E-state index is 6.01. The normalized spacial score (nSPS) is 13.7. The minimum atomic E-state index is 0.591. The zero-order chi connectivity index (χ0) is 21.8. The summed E-state index contributed by atoms with van der Waals surface area (Å²) >= 11 is 0. The lowest BCUT2D eigenvalue weighted by molar-refractivity contribution is -0.947. The number of nitrogens with zero attached hydrogens (tertiary/aromatic N) is 1. The van der Waals surface area contributed by atoms with E-state index in [1.807, 2.05) is 30.3 Å². The highest BCUT2D eigenvalue weighted by Gasteiger charge is 2.33. The number of likely N-dealkylation sites (N-methyl/N-ethyl adjacent to an activating group) is 1. The molecular weight excluding hydrogens is 370 g/mol. The first-order valence-corrected chi connectivity index (χ1v) is 11.5. The molecule has 0 saturated heterocycles. The van der Waals surface area contributed by atoms with Gasteiger partial charge in [0.25, 0.3) is 0 Å². The van der Waals surface area contributed by atoms with Gasteiger partial charge in [0, 0.05) is 18.4 Å². The quantitative estimate of drug-likeness (QED) is 0.272. The molecule has 0 aliphatic heterocycles. The first-order chi connectivity index (χ1) is 14.4. The van der Waals surface area contributed by atoms with Crippen molar-refractivity contribution in [2.45, 2.75) is 53.1 Å². The molecule has 0 heterocycles. The number of benzene rings is 2. The summed E-state index contributed by atoms with van der Waals surface area (Å²) in [5.74, 6) is 2.30. The third-order valence-electron chi connectivity index (χ3n) is 5.74. The molecule has 166 valence electrons. The Kier molecular flexibility index (Phi) is 10.4. The van der Waals surface area contributed by atoms with Gasteiger partial charge >= 0.3 is 0 Å². The lowest BCUT2D eigenvalue weighted by Gasteiger charge is -2.43. The van der Waals surface area contributed by atoms with Gasteiger partial charge in [0.15, 0.2) is 0 Å². The van der Waals surface area contributed by atoms with Crippen LogP contribution < -0.4 is 4.74 Å². The van der Waals surface area contributed by atoms with Crippen molar-refractivity contribution in [2.75, 3.05) is 33.4 Å². The zero-order valence-corrected chi connectivity index (χ0v) is 19.7. The van der Waals surface area contributed by atoms with E-state index in [4.69, 9.17) is 9.47 Å². The molecule has 2 aromatic carbocycles. The number of hydrogen-bond acceptors (Lipinski definition) is 2. The van der Waals surface area contributed by atoms with Crippen molar-refractivity contribution < 1.29 is 14.0 Å². The number of para-hydroxylation sites is 1. The first kappa shape index (κ1) is 24.4. The molecule has 2 rings (SSSR count). The summed E-state index contributed by atoms with van der Waals surface area (Å²) in [5, 5.41) is 0. The second kappa shape index (κ2) is 12.8. The highest BCUT2D eigenvalue weighted by Crippen LogP contribution is 2.27. The van der Waals surface area contributed by atoms with Crippen LogP contribution in [-0.4, -0.2) is 43.9 Å². The van der Waals surface area contributed by atoms with E-state index in [-0.39, 0.29) is 0 Å². The van der Waals surface area contributed by atoms with Crippen LogP contribution in [0.25, 0.3) is 0 Å². The van der Waals surface area contributed by atoms with Crippen LogP contribution in [0.5, 0.6) is 5.75 Å². The molecule has 0 saturated carbocycles. The fraction of sp³-hybridized carbons (Fsp3) is 0.556. The predicted octanol–water partition coefficient (Wildman–Crippen LogP) is 6.19. The highest BCUT2D eigenvalue weighted by molar-refractivity contribution is 5.20. The van der Waals surface area contributed by atoms with Gasteiger partial charge in [-0.25, -0.2) is 0 Å². The fourth-order valence-electron chi connectivity index (χ4n) is 4.20. The Bertz CT molecular complexity index is 677. The molecule has 0 fully saturated rings. The molecule has 0 N–H and O–H groups in total. The molecule has 0 aliphatic rings. The van der Waals surface area contributed by atoms with Crippen molar-refractivity contribution in [3.05, 3.63) is 66.2 Å². The van der Waals surface area contributed by atoms with Crippen LogP contribution >= 0.6 is 0 Å². The molecule has 0 aliphatic carbocycles. The molecule has 0 amide bonds. The molecule has 0 bridgehead atoms. The van der Waals surface area contributed by atoms with Crippen LogP contribution in [0.3, 0.4) is 0 Å². The van der Waals surface area contributed by atoms with Crippen molar-refractivity contribution in [1.29, 1.82) is 0 Å². The number of ether oxygens (including phenoxy) is 2. The summed E-state index contributed by atoms with van der Waals surface area (Å²) in [6, 6.07) is 21.5. The monoisotopic (exact) mass is 412 g/mol. The maximum Gasteiger partial charge on any atom is 0.119 e. The van der Waals surface area contributed by atoms with Gasteiger partial charge in [0.05, 0.1) is 26.3 Å². The Hall–Kier alpha value is -1.84. The van der Waals surface area contributed by atoms with Crippen molar-refractivity contribution in [1.82, 2.24) is 0 Å². The van der Waals surface area contributed by atoms with Crippen LogP contribution in [0.1, 0.15) is 46.1 Å². The van der Waals surface area contributed by atoms with Crippen LogP contribution in [0.15, 0.2) is 60.7 Å². The summed E-state index contributed by atoms with van der Waals surface area (Å²) in [5.41, 5.74) is 1.41. The van der Waals surface area contributed by atoms with Gasteiger partial charge in [-0.2, -0.15) is 0 Å². The van der Waals surface area contributed by atoms with Gasteiger partial charge in [0.1, 0.15) is 25.4 Å². The van der Waals surface area contributed by atoms with Crippen LogP contribution in [0.4, 0.5) is 0 Å². The minimum absolute atomic E-state index is 0.591. The van der Waals surface area contributed by atoms with E-state index in [2.05, 4.69) is 65.1 Å². The van der Waals surface area contributed by atoms with Gasteiger partial charge in [-0.15, -0.1) is 0 Å². The van der Waals surface area contributed by atoms with Crippen LogP contribution in [0, 0.1) is 11.8 Å². The summed E-state index contributed by atoms with van der Waals surface area (Å²) < 4.78 is 12.8. The van der Waals surface area contributed by atoms with Gasteiger partial charge in [-0.05, 0) is 24.0 Å². The van der Waals surface area contributed by atoms with E-state index in [0.29, 0.717) is 31.1 Å². The summed E-state index contributed by atoms with van der Waals surface area (Å²) in [6.45, 7) is 13.4. The first-order valence-electron chi connectivity index (χ1n) is 11.5. The number of quaternary nitrogens is 1. The molecule has 0 radical (unpaired) electrons. The SMILES string of the molecule is CC(C)CC(CC(C)C)[N+](C)(CCOCCOc1ccccc1)Cc1ccccc1. The van der Waals surface area contributed by atoms with Gasteiger partial charge in [-0.1, -0.05) is 76.2 Å². The molecule has 3 heteroatoms. The molecule has 2 aromatic rings. The van der Waals surface area contributed by atoms with Crippen molar-refractivity contribution >= 4 is 0 Å². The lowest BCUT2D eigenvalue weighted by Crippen LogP contribution is -2.54. The summed E-state index contributed by atoms with van der Waals surface area (Å²) in [4.78, 5) is 0. The van der Waals surface area contributed by atoms with E-state index in [9.17, 15) is 0 Å². The maximum atomic E-state index is 6.01. The fourth-order valence-corrected chi connectivity index (χ4v) is 4.20. The molecule has 0 aromatic heterocycles. The highest BCUT2D eigenvalue weighted by atomic mass is 16.5. The van der Waals surface area contributed by atoms with Gasteiger partial charge < -0.3 is 14.0 Å². The second-order valence-corrected chi connectivity index (χ2v) is 9.53. The number of rotatable bonds is 14. The van der Waals surface area contributed by atoms with E-state index in [1.165, 1.54) is 18.4 Å². The van der Waals surface area contributed by atoms with Gasteiger partial charge in [-0.3, -0.25) is 0 Å². The standard InChI is InChI=1S/C27H42NO2/c1-23(2)20-26(21-24(3)4)28(5,22-25-12-8-6-9-13-25)16-17-29-18-19-30-27-14-10-7-11-15-27/h6-15,23-24,26H,16-22H2,1-5H3/q+1. The summed E-state index contributed by atoms with van der Waals surface area (Å²) in [6.07, 6.45) is 2.50. The molecular formula is C27H42NO2+. The Morgan fingerprint density at radius 2 is 1.30 bits per heavy atom. The lowest BCUT2D eigenvalue weighted by atomic mass is 9.92. The number of hydrogen-bond donors (Lipinski definition) is 0. The van der Waals surface area contributed by atoms with Crippen molar-refractivity contribution in [3.63, 3.8) is 0 Å². The van der Waals surface area contributed by atoms with E-state index in [0.717, 1.165) is 29.9 Å². The second-order valence-electron chi connectivity index (χ2n) is 9.53. The minimum Gasteiger partial charge on any atom is -0.491 e. The molecule has 30 heavy (non-hydrogen) atoms. The predicted molar refractivity (Wildman–Crippen MR) is 127 cm³/mol.